The monoisotopic (exact) mass is 347 g/mol. The molecule has 0 saturated heterocycles. The second kappa shape index (κ2) is 5.83. The number of methoxy groups -OCH3 is 1. The van der Waals surface area contributed by atoms with Crippen LogP contribution in [0.3, 0.4) is 0 Å². The quantitative estimate of drug-likeness (QED) is 0.610. The number of rotatable bonds is 3. The summed E-state index contributed by atoms with van der Waals surface area (Å²) in [5.41, 5.74) is 3.90. The predicted octanol–water partition coefficient (Wildman–Crippen LogP) is 2.01. The lowest BCUT2D eigenvalue weighted by Crippen LogP contribution is -2.37. The van der Waals surface area contributed by atoms with Crippen molar-refractivity contribution in [3.05, 3.63) is 66.3 Å². The summed E-state index contributed by atoms with van der Waals surface area (Å²) >= 11 is 0. The molecular weight excluding hydrogens is 330 g/mol. The summed E-state index contributed by atoms with van der Waals surface area (Å²) < 4.78 is 7.31. The first-order valence-corrected chi connectivity index (χ1v) is 8.43. The number of H-pyrrole nitrogens is 1. The molecule has 8 heteroatoms. The van der Waals surface area contributed by atoms with Crippen molar-refractivity contribution in [2.45, 2.75) is 12.5 Å². The van der Waals surface area contributed by atoms with Gasteiger partial charge in [-0.1, -0.05) is 0 Å². The normalized spacial score (nSPS) is 16.7. The molecule has 130 valence electrons. The van der Waals surface area contributed by atoms with Crippen LogP contribution in [-0.2, 0) is 6.42 Å². The minimum absolute atomic E-state index is 0.156. The molecule has 0 aromatic carbocycles. The Bertz CT molecular complexity index is 1060. The number of imidazole rings is 1. The Hall–Kier alpha value is -3.42. The minimum Gasteiger partial charge on any atom is -0.494 e. The third-order valence-corrected chi connectivity index (χ3v) is 4.72. The van der Waals surface area contributed by atoms with E-state index in [9.17, 15) is 0 Å². The summed E-state index contributed by atoms with van der Waals surface area (Å²) in [7, 11) is 1.67. The zero-order valence-corrected chi connectivity index (χ0v) is 14.2. The number of nitrogens with one attached hydrogen (secondary N) is 1. The minimum atomic E-state index is -0.156. The van der Waals surface area contributed by atoms with Crippen LogP contribution in [0.4, 0.5) is 5.95 Å². The molecule has 0 spiro atoms. The number of fused-ring (bicyclic) bond motifs is 2. The highest BCUT2D eigenvalue weighted by Crippen LogP contribution is 2.35. The first kappa shape index (κ1) is 14.9. The van der Waals surface area contributed by atoms with E-state index in [1.807, 2.05) is 35.0 Å². The molecule has 1 aliphatic heterocycles. The maximum atomic E-state index is 5.47. The summed E-state index contributed by atoms with van der Waals surface area (Å²) in [6.07, 6.45) is 8.03. The van der Waals surface area contributed by atoms with E-state index in [0.29, 0.717) is 5.95 Å². The molecule has 0 saturated carbocycles. The van der Waals surface area contributed by atoms with Gasteiger partial charge < -0.3 is 14.6 Å². The summed E-state index contributed by atoms with van der Waals surface area (Å²) in [4.78, 5) is 18.8. The van der Waals surface area contributed by atoms with Crippen LogP contribution in [0.5, 0.6) is 5.75 Å². The van der Waals surface area contributed by atoms with Gasteiger partial charge in [0, 0.05) is 37.3 Å². The maximum absolute atomic E-state index is 5.47. The van der Waals surface area contributed by atoms with E-state index in [1.54, 1.807) is 25.8 Å². The molecule has 1 N–H and O–H groups in total. The Morgan fingerprint density at radius 2 is 2.08 bits per heavy atom. The van der Waals surface area contributed by atoms with Gasteiger partial charge in [-0.3, -0.25) is 0 Å². The average Bonchev–Trinajstić information content (AvgIpc) is 3.34. The van der Waals surface area contributed by atoms with Crippen molar-refractivity contribution in [1.29, 1.82) is 0 Å². The van der Waals surface area contributed by atoms with Crippen LogP contribution >= 0.6 is 0 Å². The molecule has 5 rings (SSSR count). The van der Waals surface area contributed by atoms with Gasteiger partial charge in [-0.2, -0.15) is 5.10 Å². The van der Waals surface area contributed by atoms with Crippen molar-refractivity contribution >= 4 is 11.5 Å². The Kier molecular flexibility index (Phi) is 3.34. The standard InChI is InChI=1S/C18H17N7O/c1-26-15-4-2-8-25-14(15)10-13(23-25)17-16-12(21-11-22-16)5-9-24(17)18-19-6-3-7-20-18/h2-4,6-8,10-11,17H,5,9H2,1H3,(H,21,22)/t17-/m1/s1. The lowest BCUT2D eigenvalue weighted by Gasteiger charge is -2.33. The smallest absolute Gasteiger partial charge is 0.226 e. The number of ether oxygens (including phenoxy) is 1. The molecule has 0 fully saturated rings. The van der Waals surface area contributed by atoms with Crippen LogP contribution < -0.4 is 9.64 Å². The van der Waals surface area contributed by atoms with Gasteiger partial charge in [-0.05, 0) is 24.3 Å². The van der Waals surface area contributed by atoms with Crippen molar-refractivity contribution in [2.75, 3.05) is 18.6 Å². The molecule has 8 nitrogen and oxygen atoms in total. The highest BCUT2D eigenvalue weighted by atomic mass is 16.5. The first-order valence-electron chi connectivity index (χ1n) is 8.43. The molecule has 5 heterocycles. The second-order valence-corrected chi connectivity index (χ2v) is 6.14. The van der Waals surface area contributed by atoms with Crippen molar-refractivity contribution < 1.29 is 4.74 Å². The van der Waals surface area contributed by atoms with E-state index < -0.39 is 0 Å². The van der Waals surface area contributed by atoms with Crippen LogP contribution in [0, 0.1) is 0 Å². The summed E-state index contributed by atoms with van der Waals surface area (Å²) in [6.45, 7) is 0.787. The number of hydrogen-bond donors (Lipinski definition) is 1. The summed E-state index contributed by atoms with van der Waals surface area (Å²) in [5.74, 6) is 1.46. The fourth-order valence-electron chi connectivity index (χ4n) is 3.55. The van der Waals surface area contributed by atoms with Gasteiger partial charge >= 0.3 is 0 Å². The van der Waals surface area contributed by atoms with Gasteiger partial charge in [0.2, 0.25) is 5.95 Å². The van der Waals surface area contributed by atoms with Gasteiger partial charge in [-0.15, -0.1) is 0 Å². The van der Waals surface area contributed by atoms with Crippen LogP contribution in [0.25, 0.3) is 5.52 Å². The highest BCUT2D eigenvalue weighted by molar-refractivity contribution is 5.61. The van der Waals surface area contributed by atoms with Crippen LogP contribution in [0.1, 0.15) is 23.1 Å². The largest absolute Gasteiger partial charge is 0.494 e. The number of pyridine rings is 1. The summed E-state index contributed by atoms with van der Waals surface area (Å²) in [6, 6.07) is 7.56. The van der Waals surface area contributed by atoms with Crippen LogP contribution in [-0.4, -0.2) is 43.2 Å². The Morgan fingerprint density at radius 3 is 2.92 bits per heavy atom. The van der Waals surface area contributed by atoms with Crippen LogP contribution in [0.2, 0.25) is 0 Å². The van der Waals surface area contributed by atoms with E-state index in [0.717, 1.165) is 41.3 Å². The molecule has 0 radical (unpaired) electrons. The van der Waals surface area contributed by atoms with E-state index in [4.69, 9.17) is 9.84 Å². The number of aromatic amines is 1. The van der Waals surface area contributed by atoms with Crippen molar-refractivity contribution in [3.63, 3.8) is 0 Å². The molecule has 0 unspecified atom stereocenters. The zero-order chi connectivity index (χ0) is 17.5. The SMILES string of the molecule is COc1cccn2nc([C@@H]3c4nc[nH]c4CCN3c3ncccn3)cc12. The lowest BCUT2D eigenvalue weighted by molar-refractivity contribution is 0.417. The zero-order valence-electron chi connectivity index (χ0n) is 14.2. The topological polar surface area (TPSA) is 84.2 Å². The van der Waals surface area contributed by atoms with Gasteiger partial charge in [0.1, 0.15) is 17.3 Å². The molecule has 1 aliphatic rings. The van der Waals surface area contributed by atoms with Gasteiger partial charge in [0.05, 0.1) is 24.8 Å². The average molecular weight is 347 g/mol. The van der Waals surface area contributed by atoms with Crippen molar-refractivity contribution in [2.24, 2.45) is 0 Å². The van der Waals surface area contributed by atoms with Gasteiger partial charge in [-0.25, -0.2) is 19.5 Å². The number of anilines is 1. The Morgan fingerprint density at radius 1 is 1.19 bits per heavy atom. The van der Waals surface area contributed by atoms with Gasteiger partial charge in [0.25, 0.3) is 0 Å². The third-order valence-electron chi connectivity index (χ3n) is 4.72. The number of hydrogen-bond acceptors (Lipinski definition) is 6. The molecule has 0 aliphatic carbocycles. The summed E-state index contributed by atoms with van der Waals surface area (Å²) in [5, 5.41) is 4.78. The molecule has 4 aromatic rings. The van der Waals surface area contributed by atoms with Crippen LogP contribution in [0.15, 0.2) is 49.2 Å². The molecule has 0 bridgehead atoms. The van der Waals surface area contributed by atoms with Crippen molar-refractivity contribution in [3.8, 4) is 5.75 Å². The van der Waals surface area contributed by atoms with E-state index in [1.165, 1.54) is 0 Å². The molecule has 4 aromatic heterocycles. The second-order valence-electron chi connectivity index (χ2n) is 6.14. The predicted molar refractivity (Wildman–Crippen MR) is 95.3 cm³/mol. The highest BCUT2D eigenvalue weighted by Gasteiger charge is 2.34. The Balaban J connectivity index is 1.69. The first-order chi connectivity index (χ1) is 12.8. The van der Waals surface area contributed by atoms with Crippen molar-refractivity contribution in [1.82, 2.24) is 29.5 Å². The fourth-order valence-corrected chi connectivity index (χ4v) is 3.55. The molecule has 26 heavy (non-hydrogen) atoms. The maximum Gasteiger partial charge on any atom is 0.226 e. The van der Waals surface area contributed by atoms with E-state index in [2.05, 4.69) is 24.8 Å². The van der Waals surface area contributed by atoms with E-state index in [-0.39, 0.29) is 6.04 Å². The fraction of sp³-hybridized carbons (Fsp3) is 0.222. The number of nitrogens with zero attached hydrogens (tertiary/aromatic N) is 6. The molecule has 0 amide bonds. The third kappa shape index (κ3) is 2.22. The van der Waals surface area contributed by atoms with E-state index >= 15 is 0 Å². The Labute approximate surface area is 149 Å². The lowest BCUT2D eigenvalue weighted by atomic mass is 10.00. The van der Waals surface area contributed by atoms with Gasteiger partial charge in [0.15, 0.2) is 0 Å². The molecular formula is C18H17N7O. The number of aromatic nitrogens is 6. The molecule has 1 atom stereocenters.